The lowest BCUT2D eigenvalue weighted by atomic mass is 10.1. The highest BCUT2D eigenvalue weighted by atomic mass is 32.2. The number of aliphatic carboxylic acids is 1. The molecular formula is C15H22N2O3S. The van der Waals surface area contributed by atoms with Gasteiger partial charge in [0, 0.05) is 0 Å². The maximum absolute atomic E-state index is 11.9. The third-order valence-corrected chi connectivity index (χ3v) is 3.78. The van der Waals surface area contributed by atoms with E-state index in [9.17, 15) is 9.59 Å². The number of urea groups is 1. The van der Waals surface area contributed by atoms with Gasteiger partial charge >= 0.3 is 12.0 Å². The number of nitrogens with one attached hydrogen (secondary N) is 2. The molecule has 0 aliphatic rings. The van der Waals surface area contributed by atoms with Crippen LogP contribution in [0.4, 0.5) is 4.79 Å². The van der Waals surface area contributed by atoms with E-state index in [0.717, 1.165) is 11.1 Å². The maximum Gasteiger partial charge on any atom is 0.326 e. The average molecular weight is 310 g/mol. The Morgan fingerprint density at radius 3 is 2.38 bits per heavy atom. The first-order chi connectivity index (χ1) is 9.93. The van der Waals surface area contributed by atoms with Gasteiger partial charge in [0.05, 0.1) is 6.04 Å². The minimum Gasteiger partial charge on any atom is -0.480 e. The highest BCUT2D eigenvalue weighted by Crippen LogP contribution is 2.12. The molecule has 0 radical (unpaired) electrons. The van der Waals surface area contributed by atoms with Crippen molar-refractivity contribution >= 4 is 23.8 Å². The number of carboxylic acids is 1. The quantitative estimate of drug-likeness (QED) is 0.723. The van der Waals surface area contributed by atoms with E-state index in [-0.39, 0.29) is 6.04 Å². The predicted octanol–water partition coefficient (Wildman–Crippen LogP) is 2.56. The van der Waals surface area contributed by atoms with Crippen molar-refractivity contribution in [1.29, 1.82) is 0 Å². The van der Waals surface area contributed by atoms with Crippen LogP contribution in [-0.2, 0) is 4.79 Å². The van der Waals surface area contributed by atoms with Gasteiger partial charge in [0.25, 0.3) is 0 Å². The van der Waals surface area contributed by atoms with E-state index in [0.29, 0.717) is 12.2 Å². The van der Waals surface area contributed by atoms with E-state index >= 15 is 0 Å². The summed E-state index contributed by atoms with van der Waals surface area (Å²) in [5.41, 5.74) is 2.13. The Hall–Kier alpha value is -1.69. The summed E-state index contributed by atoms with van der Waals surface area (Å²) in [5, 5.41) is 14.3. The fourth-order valence-corrected chi connectivity index (χ4v) is 2.30. The highest BCUT2D eigenvalue weighted by molar-refractivity contribution is 7.98. The third-order valence-electron chi connectivity index (χ3n) is 3.14. The minimum atomic E-state index is -1.01. The number of rotatable bonds is 7. The van der Waals surface area contributed by atoms with Crippen LogP contribution in [-0.4, -0.2) is 35.2 Å². The molecule has 2 unspecified atom stereocenters. The summed E-state index contributed by atoms with van der Waals surface area (Å²) in [7, 11) is 0. The summed E-state index contributed by atoms with van der Waals surface area (Å²) in [4.78, 5) is 23.0. The number of carboxylic acid groups (broad SMARTS) is 1. The molecule has 2 amide bonds. The molecule has 0 saturated carbocycles. The third kappa shape index (κ3) is 6.08. The number of amides is 2. The maximum atomic E-state index is 11.9. The highest BCUT2D eigenvalue weighted by Gasteiger charge is 2.20. The Morgan fingerprint density at radius 2 is 1.86 bits per heavy atom. The second-order valence-corrected chi connectivity index (χ2v) is 5.91. The Balaban J connectivity index is 2.54. The topological polar surface area (TPSA) is 78.4 Å². The SMILES string of the molecule is CSCCC(NC(=O)NC(C)c1ccc(C)cc1)C(=O)O. The lowest BCUT2D eigenvalue weighted by molar-refractivity contribution is -0.139. The fraction of sp³-hybridized carbons (Fsp3) is 0.467. The van der Waals surface area contributed by atoms with Crippen molar-refractivity contribution in [2.75, 3.05) is 12.0 Å². The largest absolute Gasteiger partial charge is 0.480 e. The number of hydrogen-bond donors (Lipinski definition) is 3. The van der Waals surface area contributed by atoms with Crippen LogP contribution in [0.25, 0.3) is 0 Å². The molecule has 1 rings (SSSR count). The van der Waals surface area contributed by atoms with Crippen LogP contribution < -0.4 is 10.6 Å². The minimum absolute atomic E-state index is 0.180. The molecule has 1 aromatic carbocycles. The van der Waals surface area contributed by atoms with Crippen LogP contribution in [0.3, 0.4) is 0 Å². The molecule has 2 atom stereocenters. The van der Waals surface area contributed by atoms with Crippen molar-refractivity contribution in [3.8, 4) is 0 Å². The van der Waals surface area contributed by atoms with E-state index in [1.54, 1.807) is 11.8 Å². The molecule has 0 fully saturated rings. The summed E-state index contributed by atoms with van der Waals surface area (Å²) >= 11 is 1.55. The first-order valence-electron chi connectivity index (χ1n) is 6.79. The summed E-state index contributed by atoms with van der Waals surface area (Å²) < 4.78 is 0. The first-order valence-corrected chi connectivity index (χ1v) is 8.18. The van der Waals surface area contributed by atoms with Gasteiger partial charge in [-0.15, -0.1) is 0 Å². The average Bonchev–Trinajstić information content (AvgIpc) is 2.43. The van der Waals surface area contributed by atoms with Gasteiger partial charge in [-0.1, -0.05) is 29.8 Å². The van der Waals surface area contributed by atoms with Crippen LogP contribution in [0.15, 0.2) is 24.3 Å². The molecule has 6 heteroatoms. The van der Waals surface area contributed by atoms with Gasteiger partial charge in [0.15, 0.2) is 0 Å². The molecule has 0 aliphatic heterocycles. The molecule has 0 aliphatic carbocycles. The van der Waals surface area contributed by atoms with Crippen LogP contribution in [0.2, 0.25) is 0 Å². The van der Waals surface area contributed by atoms with Crippen LogP contribution in [0, 0.1) is 6.92 Å². The normalized spacial score (nSPS) is 13.3. The van der Waals surface area contributed by atoms with Crippen molar-refractivity contribution in [1.82, 2.24) is 10.6 Å². The number of thioether (sulfide) groups is 1. The Labute approximate surface area is 129 Å². The molecule has 0 saturated heterocycles. The zero-order valence-corrected chi connectivity index (χ0v) is 13.4. The zero-order chi connectivity index (χ0) is 15.8. The Morgan fingerprint density at radius 1 is 1.24 bits per heavy atom. The molecule has 0 aromatic heterocycles. The molecule has 0 heterocycles. The standard InChI is InChI=1S/C15H22N2O3S/c1-10-4-6-12(7-5-10)11(2)16-15(20)17-13(14(18)19)8-9-21-3/h4-7,11,13H,8-9H2,1-3H3,(H,18,19)(H2,16,17,20). The second-order valence-electron chi connectivity index (χ2n) is 4.92. The van der Waals surface area contributed by atoms with Gasteiger partial charge in [-0.3, -0.25) is 0 Å². The number of aryl methyl sites for hydroxylation is 1. The molecule has 0 spiro atoms. The molecule has 116 valence electrons. The van der Waals surface area contributed by atoms with Gasteiger partial charge in [-0.2, -0.15) is 11.8 Å². The number of carbonyl (C=O) groups excluding carboxylic acids is 1. The van der Waals surface area contributed by atoms with Gasteiger partial charge < -0.3 is 15.7 Å². The van der Waals surface area contributed by atoms with E-state index < -0.39 is 18.0 Å². The number of benzene rings is 1. The fourth-order valence-electron chi connectivity index (χ4n) is 1.83. The predicted molar refractivity (Wildman–Crippen MR) is 85.7 cm³/mol. The lowest BCUT2D eigenvalue weighted by Gasteiger charge is -2.18. The smallest absolute Gasteiger partial charge is 0.326 e. The Bertz CT molecular complexity index is 476. The van der Waals surface area contributed by atoms with Crippen molar-refractivity contribution < 1.29 is 14.7 Å². The number of hydrogen-bond acceptors (Lipinski definition) is 3. The summed E-state index contributed by atoms with van der Waals surface area (Å²) in [6, 6.07) is 6.35. The zero-order valence-electron chi connectivity index (χ0n) is 12.6. The summed E-state index contributed by atoms with van der Waals surface area (Å²) in [6.45, 7) is 3.86. The van der Waals surface area contributed by atoms with Crippen molar-refractivity contribution in [3.05, 3.63) is 35.4 Å². The van der Waals surface area contributed by atoms with Crippen LogP contribution in [0.1, 0.15) is 30.5 Å². The first kappa shape index (κ1) is 17.4. The van der Waals surface area contributed by atoms with Gasteiger partial charge in [0.2, 0.25) is 0 Å². The summed E-state index contributed by atoms with van der Waals surface area (Å²) in [6.07, 6.45) is 2.31. The molecule has 21 heavy (non-hydrogen) atoms. The second kappa shape index (κ2) is 8.56. The van der Waals surface area contributed by atoms with Crippen molar-refractivity contribution in [3.63, 3.8) is 0 Å². The molecule has 5 nitrogen and oxygen atoms in total. The molecule has 3 N–H and O–H groups in total. The van der Waals surface area contributed by atoms with Gasteiger partial charge in [-0.25, -0.2) is 9.59 Å². The van der Waals surface area contributed by atoms with E-state index in [4.69, 9.17) is 5.11 Å². The van der Waals surface area contributed by atoms with Crippen LogP contribution >= 0.6 is 11.8 Å². The summed E-state index contributed by atoms with van der Waals surface area (Å²) in [5.74, 6) is -0.327. The lowest BCUT2D eigenvalue weighted by Crippen LogP contribution is -2.46. The van der Waals surface area contributed by atoms with Crippen LogP contribution in [0.5, 0.6) is 0 Å². The van der Waals surface area contributed by atoms with Crippen molar-refractivity contribution in [2.24, 2.45) is 0 Å². The monoisotopic (exact) mass is 310 g/mol. The van der Waals surface area contributed by atoms with Gasteiger partial charge in [0.1, 0.15) is 6.04 Å². The Kier molecular flexibility index (Phi) is 7.08. The number of carbonyl (C=O) groups is 2. The molecule has 1 aromatic rings. The van der Waals surface area contributed by atoms with Crippen molar-refractivity contribution in [2.45, 2.75) is 32.4 Å². The van der Waals surface area contributed by atoms with E-state index in [2.05, 4.69) is 10.6 Å². The molecular weight excluding hydrogens is 288 g/mol. The van der Waals surface area contributed by atoms with E-state index in [1.165, 1.54) is 0 Å². The van der Waals surface area contributed by atoms with E-state index in [1.807, 2.05) is 44.4 Å². The molecule has 0 bridgehead atoms. The van der Waals surface area contributed by atoms with Gasteiger partial charge in [-0.05, 0) is 37.8 Å².